The largest absolute Gasteiger partial charge is 0.486 e. The van der Waals surface area contributed by atoms with E-state index in [1.165, 1.54) is 35.6 Å². The summed E-state index contributed by atoms with van der Waals surface area (Å²) in [5, 5.41) is 21.0. The number of hydrogen-bond acceptors (Lipinski definition) is 10. The molecule has 0 fully saturated rings. The first kappa shape index (κ1) is 22.1. The van der Waals surface area contributed by atoms with Crippen LogP contribution in [0.3, 0.4) is 0 Å². The van der Waals surface area contributed by atoms with Gasteiger partial charge in [-0.2, -0.15) is 0 Å². The van der Waals surface area contributed by atoms with Gasteiger partial charge in [-0.05, 0) is 31.2 Å². The maximum Gasteiger partial charge on any atom is 0.312 e. The van der Waals surface area contributed by atoms with Crippen LogP contribution < -0.4 is 4.74 Å². The number of nitrogens with zero attached hydrogens (tertiary/aromatic N) is 4. The van der Waals surface area contributed by atoms with Crippen molar-refractivity contribution in [2.24, 2.45) is 0 Å². The van der Waals surface area contributed by atoms with Crippen LogP contribution in [-0.4, -0.2) is 26.1 Å². The van der Waals surface area contributed by atoms with E-state index in [1.54, 1.807) is 5.38 Å². The Bertz CT molecular complexity index is 1250. The minimum atomic E-state index is -0.495. The highest BCUT2D eigenvalue weighted by Crippen LogP contribution is 2.21. The van der Waals surface area contributed by atoms with Gasteiger partial charge in [-0.1, -0.05) is 17.7 Å². The Morgan fingerprint density at radius 1 is 1.09 bits per heavy atom. The number of ether oxygens (including phenoxy) is 2. The molecular weight excluding hydrogens is 448 g/mol. The molecule has 0 amide bonds. The number of aryl methyl sites for hydroxylation is 1. The van der Waals surface area contributed by atoms with E-state index in [2.05, 4.69) is 15.2 Å². The topological polar surface area (TPSA) is 130 Å². The molecule has 4 rings (SSSR count). The number of aromatic nitrogens is 3. The number of nitro benzene ring substituents is 1. The van der Waals surface area contributed by atoms with Crippen molar-refractivity contribution in [3.8, 4) is 17.2 Å². The lowest BCUT2D eigenvalue weighted by Gasteiger charge is -2.04. The Morgan fingerprint density at radius 3 is 2.58 bits per heavy atom. The van der Waals surface area contributed by atoms with E-state index in [9.17, 15) is 14.9 Å². The van der Waals surface area contributed by atoms with E-state index in [0.29, 0.717) is 17.9 Å². The molecule has 10 nitrogen and oxygen atoms in total. The molecule has 0 radical (unpaired) electrons. The van der Waals surface area contributed by atoms with Crippen molar-refractivity contribution in [1.82, 2.24) is 15.2 Å². The molecule has 11 heteroatoms. The molecule has 0 N–H and O–H groups in total. The number of nitro groups is 1. The van der Waals surface area contributed by atoms with Crippen molar-refractivity contribution in [1.29, 1.82) is 0 Å². The summed E-state index contributed by atoms with van der Waals surface area (Å²) >= 11 is 1.41. The molecule has 0 aliphatic heterocycles. The van der Waals surface area contributed by atoms with Gasteiger partial charge in [0.15, 0.2) is 6.61 Å². The SMILES string of the molecule is Cc1ccc(OCc2nc(CC(=O)OCc3nnc(-c4ccc([N+](=O)[O-])cc4)o3)cs2)cc1. The number of carbonyl (C=O) groups excluding carboxylic acids is 1. The molecule has 33 heavy (non-hydrogen) atoms. The van der Waals surface area contributed by atoms with Crippen LogP contribution in [0.25, 0.3) is 11.5 Å². The first-order valence-corrected chi connectivity index (χ1v) is 10.7. The summed E-state index contributed by atoms with van der Waals surface area (Å²) in [6.07, 6.45) is 0.00434. The number of non-ortho nitro benzene ring substituents is 1. The summed E-state index contributed by atoms with van der Waals surface area (Å²) in [6, 6.07) is 13.4. The van der Waals surface area contributed by atoms with E-state index < -0.39 is 10.9 Å². The highest BCUT2D eigenvalue weighted by Gasteiger charge is 2.14. The van der Waals surface area contributed by atoms with Gasteiger partial charge in [0.2, 0.25) is 5.89 Å². The second-order valence-electron chi connectivity index (χ2n) is 6.98. The lowest BCUT2D eigenvalue weighted by molar-refractivity contribution is -0.384. The van der Waals surface area contributed by atoms with Crippen molar-refractivity contribution in [3.63, 3.8) is 0 Å². The zero-order valence-corrected chi connectivity index (χ0v) is 18.3. The first-order valence-electron chi connectivity index (χ1n) is 9.82. The van der Waals surface area contributed by atoms with Gasteiger partial charge in [-0.15, -0.1) is 21.5 Å². The molecule has 2 aromatic carbocycles. The molecule has 168 valence electrons. The van der Waals surface area contributed by atoms with Gasteiger partial charge in [0, 0.05) is 23.1 Å². The fraction of sp³-hybridized carbons (Fsp3) is 0.182. The number of esters is 1. The number of hydrogen-bond donors (Lipinski definition) is 0. The van der Waals surface area contributed by atoms with Gasteiger partial charge in [0.1, 0.15) is 17.4 Å². The van der Waals surface area contributed by atoms with Gasteiger partial charge in [0.25, 0.3) is 11.6 Å². The predicted molar refractivity (Wildman–Crippen MR) is 118 cm³/mol. The Balaban J connectivity index is 1.25. The Morgan fingerprint density at radius 2 is 1.85 bits per heavy atom. The number of benzene rings is 2. The smallest absolute Gasteiger partial charge is 0.312 e. The highest BCUT2D eigenvalue weighted by atomic mass is 32.1. The van der Waals surface area contributed by atoms with E-state index in [-0.39, 0.29) is 30.5 Å². The number of thiazole rings is 1. The van der Waals surface area contributed by atoms with Crippen LogP contribution in [0.4, 0.5) is 5.69 Å². The normalized spacial score (nSPS) is 10.7. The molecule has 0 unspecified atom stereocenters. The summed E-state index contributed by atoms with van der Waals surface area (Å²) in [5.41, 5.74) is 2.22. The summed E-state index contributed by atoms with van der Waals surface area (Å²) in [6.45, 7) is 2.13. The van der Waals surface area contributed by atoms with Crippen LogP contribution in [0.2, 0.25) is 0 Å². The summed E-state index contributed by atoms with van der Waals surface area (Å²) in [5.74, 6) is 0.557. The molecule has 0 saturated heterocycles. The van der Waals surface area contributed by atoms with Crippen molar-refractivity contribution >= 4 is 23.0 Å². The molecule has 0 atom stereocenters. The van der Waals surface area contributed by atoms with Crippen LogP contribution in [0.5, 0.6) is 5.75 Å². The molecule has 4 aromatic rings. The zero-order chi connectivity index (χ0) is 23.2. The van der Waals surface area contributed by atoms with E-state index in [0.717, 1.165) is 16.3 Å². The van der Waals surface area contributed by atoms with E-state index in [1.807, 2.05) is 31.2 Å². The molecular formula is C22H18N4O6S. The van der Waals surface area contributed by atoms with Gasteiger partial charge >= 0.3 is 5.97 Å². The van der Waals surface area contributed by atoms with E-state index in [4.69, 9.17) is 13.9 Å². The Kier molecular flexibility index (Phi) is 6.69. The van der Waals surface area contributed by atoms with Crippen molar-refractivity contribution in [3.05, 3.63) is 86.2 Å². The van der Waals surface area contributed by atoms with Crippen LogP contribution in [-0.2, 0) is 29.2 Å². The lowest BCUT2D eigenvalue weighted by Crippen LogP contribution is -2.08. The van der Waals surface area contributed by atoms with Crippen LogP contribution in [0.15, 0.2) is 58.3 Å². The number of carbonyl (C=O) groups is 1. The van der Waals surface area contributed by atoms with Crippen molar-refractivity contribution in [2.45, 2.75) is 26.6 Å². The first-order chi connectivity index (χ1) is 16.0. The Labute approximate surface area is 192 Å². The van der Waals surface area contributed by atoms with Crippen LogP contribution in [0.1, 0.15) is 22.2 Å². The van der Waals surface area contributed by atoms with Gasteiger partial charge in [-0.25, -0.2) is 4.98 Å². The monoisotopic (exact) mass is 466 g/mol. The third kappa shape index (κ3) is 5.98. The van der Waals surface area contributed by atoms with Gasteiger partial charge in [0.05, 0.1) is 17.0 Å². The van der Waals surface area contributed by atoms with Crippen molar-refractivity contribution < 1.29 is 23.6 Å². The summed E-state index contributed by atoms with van der Waals surface area (Å²) < 4.78 is 16.3. The average Bonchev–Trinajstić information content (AvgIpc) is 3.47. The summed E-state index contributed by atoms with van der Waals surface area (Å²) in [7, 11) is 0. The third-order valence-electron chi connectivity index (χ3n) is 4.46. The third-order valence-corrected chi connectivity index (χ3v) is 5.33. The molecule has 0 spiro atoms. The second kappa shape index (κ2) is 10.0. The maximum atomic E-state index is 12.1. The molecule has 0 bridgehead atoms. The minimum absolute atomic E-state index is 0.00434. The molecule has 2 heterocycles. The van der Waals surface area contributed by atoms with Gasteiger partial charge in [-0.3, -0.25) is 14.9 Å². The van der Waals surface area contributed by atoms with Crippen LogP contribution >= 0.6 is 11.3 Å². The summed E-state index contributed by atoms with van der Waals surface area (Å²) in [4.78, 5) is 26.8. The minimum Gasteiger partial charge on any atom is -0.486 e. The lowest BCUT2D eigenvalue weighted by atomic mass is 10.2. The average molecular weight is 466 g/mol. The maximum absolute atomic E-state index is 12.1. The fourth-order valence-corrected chi connectivity index (χ4v) is 3.48. The zero-order valence-electron chi connectivity index (χ0n) is 17.5. The number of rotatable bonds is 9. The molecule has 0 aliphatic rings. The quantitative estimate of drug-likeness (QED) is 0.201. The highest BCUT2D eigenvalue weighted by molar-refractivity contribution is 7.09. The standard InChI is InChI=1S/C22H18N4O6S/c1-14-2-8-18(9-3-14)30-12-20-23-16(13-33-20)10-21(27)31-11-19-24-25-22(32-19)15-4-6-17(7-5-15)26(28)29/h2-9,13H,10-12H2,1H3. The fourth-order valence-electron chi connectivity index (χ4n) is 2.77. The predicted octanol–water partition coefficient (Wildman–Crippen LogP) is 4.27. The van der Waals surface area contributed by atoms with Crippen molar-refractivity contribution in [2.75, 3.05) is 0 Å². The molecule has 0 saturated carbocycles. The molecule has 0 aliphatic carbocycles. The van der Waals surface area contributed by atoms with Crippen LogP contribution in [0, 0.1) is 17.0 Å². The Hall–Kier alpha value is -4.12. The van der Waals surface area contributed by atoms with Gasteiger partial charge < -0.3 is 13.9 Å². The molecule has 2 aromatic heterocycles. The van der Waals surface area contributed by atoms with E-state index >= 15 is 0 Å². The second-order valence-corrected chi connectivity index (χ2v) is 7.92.